The van der Waals surface area contributed by atoms with Crippen molar-refractivity contribution in [3.63, 3.8) is 0 Å². The molecule has 0 spiro atoms. The van der Waals surface area contributed by atoms with Crippen molar-refractivity contribution in [2.45, 2.75) is 24.9 Å². The molecule has 0 saturated carbocycles. The van der Waals surface area contributed by atoms with Gasteiger partial charge in [-0.25, -0.2) is 0 Å². The first-order chi connectivity index (χ1) is 5.27. The minimum atomic E-state index is -0.220. The monoisotopic (exact) mass is 153 g/mol. The fourth-order valence-electron chi connectivity index (χ4n) is 1.20. The van der Waals surface area contributed by atoms with Crippen molar-refractivity contribution >= 4 is 5.97 Å². The molecule has 1 aliphatic heterocycles. The highest BCUT2D eigenvalue weighted by molar-refractivity contribution is 5.76. The summed E-state index contributed by atoms with van der Waals surface area (Å²) in [5.74, 6) is 2.33. The fourth-order valence-corrected chi connectivity index (χ4v) is 1.20. The summed E-state index contributed by atoms with van der Waals surface area (Å²) >= 11 is 0. The summed E-state index contributed by atoms with van der Waals surface area (Å²) < 4.78 is 4.56. The number of carbonyl (C=O) groups is 1. The summed E-state index contributed by atoms with van der Waals surface area (Å²) in [6.45, 7) is 0. The van der Waals surface area contributed by atoms with Gasteiger partial charge in [-0.05, 0) is 12.8 Å². The Bertz CT molecular complexity index is 195. The molecule has 3 nitrogen and oxygen atoms in total. The average molecular weight is 153 g/mol. The average Bonchev–Trinajstić information content (AvgIpc) is 2.50. The molecule has 11 heavy (non-hydrogen) atoms. The number of rotatable bonds is 1. The van der Waals surface area contributed by atoms with Crippen molar-refractivity contribution in [3.05, 3.63) is 0 Å². The molecule has 1 fully saturated rings. The first-order valence-corrected chi connectivity index (χ1v) is 3.58. The van der Waals surface area contributed by atoms with E-state index in [9.17, 15) is 4.79 Å². The van der Waals surface area contributed by atoms with Crippen LogP contribution in [-0.4, -0.2) is 25.2 Å². The van der Waals surface area contributed by atoms with E-state index in [0.717, 1.165) is 12.8 Å². The molecule has 0 radical (unpaired) electrons. The van der Waals surface area contributed by atoms with Crippen molar-refractivity contribution in [2.24, 2.45) is 0 Å². The lowest BCUT2D eigenvalue weighted by atomic mass is 10.2. The molecule has 0 aromatic heterocycles. The van der Waals surface area contributed by atoms with E-state index in [1.807, 2.05) is 0 Å². The Morgan fingerprint density at radius 2 is 2.45 bits per heavy atom. The Hall–Kier alpha value is -1.01. The zero-order valence-electron chi connectivity index (χ0n) is 6.46. The molecule has 3 heteroatoms. The van der Waals surface area contributed by atoms with Crippen LogP contribution < -0.4 is 5.32 Å². The van der Waals surface area contributed by atoms with Crippen molar-refractivity contribution in [2.75, 3.05) is 7.11 Å². The molecule has 1 saturated heterocycles. The summed E-state index contributed by atoms with van der Waals surface area (Å²) in [5.41, 5.74) is 0. The van der Waals surface area contributed by atoms with Crippen LogP contribution in [0.3, 0.4) is 0 Å². The quantitative estimate of drug-likeness (QED) is 0.423. The van der Waals surface area contributed by atoms with E-state index in [1.165, 1.54) is 7.11 Å². The molecule has 0 bridgehead atoms. The maximum Gasteiger partial charge on any atom is 0.322 e. The Kier molecular flexibility index (Phi) is 2.50. The standard InChI is InChI=1S/C8H11NO2/c1-3-6-4-5-7(9-6)8(10)11-2/h1,6-7,9H,4-5H2,2H3/t6-,7-/m0/s1. The molecule has 1 aliphatic rings. The maximum atomic E-state index is 10.9. The molecule has 1 rings (SSSR count). The minimum Gasteiger partial charge on any atom is -0.468 e. The zero-order valence-corrected chi connectivity index (χ0v) is 6.46. The number of methoxy groups -OCH3 is 1. The second-order valence-electron chi connectivity index (χ2n) is 2.54. The van der Waals surface area contributed by atoms with Gasteiger partial charge in [0.25, 0.3) is 0 Å². The van der Waals surface area contributed by atoms with Gasteiger partial charge in [0.2, 0.25) is 0 Å². The van der Waals surface area contributed by atoms with Crippen LogP contribution in [0.1, 0.15) is 12.8 Å². The summed E-state index contributed by atoms with van der Waals surface area (Å²) in [6.07, 6.45) is 6.81. The van der Waals surface area contributed by atoms with Gasteiger partial charge in [0, 0.05) is 0 Å². The van der Waals surface area contributed by atoms with Crippen molar-refractivity contribution in [1.29, 1.82) is 0 Å². The summed E-state index contributed by atoms with van der Waals surface area (Å²) in [7, 11) is 1.38. The van der Waals surface area contributed by atoms with E-state index >= 15 is 0 Å². The van der Waals surface area contributed by atoms with Gasteiger partial charge in [-0.2, -0.15) is 0 Å². The molecule has 0 amide bonds. The van der Waals surface area contributed by atoms with E-state index < -0.39 is 0 Å². The second-order valence-corrected chi connectivity index (χ2v) is 2.54. The number of terminal acetylenes is 1. The topological polar surface area (TPSA) is 38.3 Å². The molecule has 1 N–H and O–H groups in total. The SMILES string of the molecule is C#C[C@H]1CC[C@@H](C(=O)OC)N1. The molecule has 60 valence electrons. The Morgan fingerprint density at radius 1 is 1.73 bits per heavy atom. The van der Waals surface area contributed by atoms with Gasteiger partial charge in [-0.3, -0.25) is 10.1 Å². The lowest BCUT2D eigenvalue weighted by Crippen LogP contribution is -2.35. The van der Waals surface area contributed by atoms with Crippen LogP contribution in [0.4, 0.5) is 0 Å². The number of hydrogen-bond donors (Lipinski definition) is 1. The molecule has 1 heterocycles. The van der Waals surface area contributed by atoms with Crippen LogP contribution in [0.2, 0.25) is 0 Å². The van der Waals surface area contributed by atoms with Crippen molar-refractivity contribution < 1.29 is 9.53 Å². The largest absolute Gasteiger partial charge is 0.468 e. The number of ether oxygens (including phenoxy) is 1. The highest BCUT2D eigenvalue weighted by atomic mass is 16.5. The third kappa shape index (κ3) is 1.72. The van der Waals surface area contributed by atoms with E-state index in [4.69, 9.17) is 6.42 Å². The summed E-state index contributed by atoms with van der Waals surface area (Å²) in [4.78, 5) is 10.9. The summed E-state index contributed by atoms with van der Waals surface area (Å²) in [6, 6.07) is -0.153. The number of hydrogen-bond acceptors (Lipinski definition) is 3. The number of esters is 1. The Labute approximate surface area is 66.1 Å². The molecule has 0 aliphatic carbocycles. The number of carbonyl (C=O) groups excluding carboxylic acids is 1. The van der Waals surface area contributed by atoms with Crippen LogP contribution in [0.25, 0.3) is 0 Å². The van der Waals surface area contributed by atoms with Gasteiger partial charge in [0.15, 0.2) is 0 Å². The molecule has 2 atom stereocenters. The van der Waals surface area contributed by atoms with Crippen molar-refractivity contribution in [3.8, 4) is 12.3 Å². The predicted molar refractivity (Wildman–Crippen MR) is 40.8 cm³/mol. The van der Waals surface area contributed by atoms with Gasteiger partial charge in [-0.15, -0.1) is 6.42 Å². The van der Waals surface area contributed by atoms with E-state index in [0.29, 0.717) is 0 Å². The van der Waals surface area contributed by atoms with Crippen LogP contribution >= 0.6 is 0 Å². The lowest BCUT2D eigenvalue weighted by Gasteiger charge is -2.07. The smallest absolute Gasteiger partial charge is 0.322 e. The first-order valence-electron chi connectivity index (χ1n) is 3.58. The normalized spacial score (nSPS) is 29.5. The number of nitrogens with one attached hydrogen (secondary N) is 1. The first kappa shape index (κ1) is 8.09. The fraction of sp³-hybridized carbons (Fsp3) is 0.625. The maximum absolute atomic E-state index is 10.9. The van der Waals surface area contributed by atoms with Crippen LogP contribution in [0.15, 0.2) is 0 Å². The van der Waals surface area contributed by atoms with Crippen LogP contribution in [0.5, 0.6) is 0 Å². The van der Waals surface area contributed by atoms with Gasteiger partial charge in [-0.1, -0.05) is 5.92 Å². The van der Waals surface area contributed by atoms with Crippen molar-refractivity contribution in [1.82, 2.24) is 5.32 Å². The Morgan fingerprint density at radius 3 is 2.91 bits per heavy atom. The Balaban J connectivity index is 2.43. The van der Waals surface area contributed by atoms with Gasteiger partial charge < -0.3 is 4.74 Å². The third-order valence-corrected chi connectivity index (χ3v) is 1.83. The predicted octanol–water partition coefficient (Wildman–Crippen LogP) is -0.0868. The molecular formula is C8H11NO2. The molecular weight excluding hydrogens is 142 g/mol. The van der Waals surface area contributed by atoms with Crippen LogP contribution in [-0.2, 0) is 9.53 Å². The lowest BCUT2D eigenvalue weighted by molar-refractivity contribution is -0.142. The summed E-state index contributed by atoms with van der Waals surface area (Å²) in [5, 5.41) is 2.98. The van der Waals surface area contributed by atoms with Crippen LogP contribution in [0, 0.1) is 12.3 Å². The van der Waals surface area contributed by atoms with E-state index in [1.54, 1.807) is 0 Å². The second kappa shape index (κ2) is 3.40. The highest BCUT2D eigenvalue weighted by Gasteiger charge is 2.28. The van der Waals surface area contributed by atoms with Gasteiger partial charge in [0.05, 0.1) is 13.2 Å². The minimum absolute atomic E-state index is 0.0408. The van der Waals surface area contributed by atoms with E-state index in [-0.39, 0.29) is 18.1 Å². The zero-order chi connectivity index (χ0) is 8.27. The third-order valence-electron chi connectivity index (χ3n) is 1.83. The van der Waals surface area contributed by atoms with Gasteiger partial charge in [0.1, 0.15) is 6.04 Å². The van der Waals surface area contributed by atoms with E-state index in [2.05, 4.69) is 16.0 Å². The van der Waals surface area contributed by atoms with Gasteiger partial charge >= 0.3 is 5.97 Å². The molecule has 0 unspecified atom stereocenters. The highest BCUT2D eigenvalue weighted by Crippen LogP contribution is 2.12. The molecule has 0 aromatic carbocycles. The molecule has 0 aromatic rings.